The Bertz CT molecular complexity index is 1530. The number of carbonyl (C=O) groups excluding carboxylic acids is 4. The summed E-state index contributed by atoms with van der Waals surface area (Å²) in [6.07, 6.45) is 0. The highest BCUT2D eigenvalue weighted by Gasteiger charge is 2.37. The fraction of sp³-hybridized carbons (Fsp3) is 0.0667. The lowest BCUT2D eigenvalue weighted by Crippen LogP contribution is -2.29. The van der Waals surface area contributed by atoms with Gasteiger partial charge < -0.3 is 9.47 Å². The second kappa shape index (κ2) is 10.7. The molecule has 1 heterocycles. The number of methoxy groups -OCH3 is 1. The molecule has 2 amide bonds. The van der Waals surface area contributed by atoms with E-state index in [1.807, 2.05) is 42.5 Å². The van der Waals surface area contributed by atoms with Crippen LogP contribution in [0.4, 0.5) is 5.69 Å². The molecule has 38 heavy (non-hydrogen) atoms. The molecular weight excluding hydrogens is 502 g/mol. The molecule has 7 nitrogen and oxygen atoms in total. The molecule has 0 radical (unpaired) electrons. The van der Waals surface area contributed by atoms with Crippen molar-refractivity contribution in [3.63, 3.8) is 0 Å². The molecule has 0 unspecified atom stereocenters. The Hall–Kier alpha value is -4.69. The lowest BCUT2D eigenvalue weighted by molar-refractivity contribution is 0.0474. The number of nitrogens with zero attached hydrogens (tertiary/aromatic N) is 1. The second-order valence-electron chi connectivity index (χ2n) is 8.34. The first kappa shape index (κ1) is 25.0. The van der Waals surface area contributed by atoms with E-state index < -0.39 is 24.4 Å². The van der Waals surface area contributed by atoms with Crippen LogP contribution in [0.1, 0.15) is 41.4 Å². The van der Waals surface area contributed by atoms with E-state index in [1.165, 1.54) is 25.3 Å². The zero-order chi connectivity index (χ0) is 26.6. The molecule has 0 aliphatic carbocycles. The number of ketones is 1. The zero-order valence-corrected chi connectivity index (χ0v) is 21.1. The van der Waals surface area contributed by atoms with Gasteiger partial charge in [-0.3, -0.25) is 14.4 Å². The SMILES string of the molecule is COc1ccc(C(=O)COC(=O)c2ccc3c(c2)C(=O)N(c2ccc(Sc4ccccc4)cc2)C3=O)cc1. The topological polar surface area (TPSA) is 90.0 Å². The quantitative estimate of drug-likeness (QED) is 0.167. The lowest BCUT2D eigenvalue weighted by Gasteiger charge is -2.14. The van der Waals surface area contributed by atoms with E-state index in [4.69, 9.17) is 9.47 Å². The first-order chi connectivity index (χ1) is 18.4. The third-order valence-electron chi connectivity index (χ3n) is 5.94. The maximum atomic E-state index is 13.1. The smallest absolute Gasteiger partial charge is 0.338 e. The molecule has 0 saturated carbocycles. The molecule has 0 aromatic heterocycles. The predicted octanol–water partition coefficient (Wildman–Crippen LogP) is 5.69. The summed E-state index contributed by atoms with van der Waals surface area (Å²) in [4.78, 5) is 54.2. The van der Waals surface area contributed by atoms with Crippen molar-refractivity contribution in [2.24, 2.45) is 0 Å². The van der Waals surface area contributed by atoms with Crippen LogP contribution in [-0.2, 0) is 4.74 Å². The largest absolute Gasteiger partial charge is 0.497 e. The third kappa shape index (κ3) is 5.07. The maximum absolute atomic E-state index is 13.1. The Morgan fingerprint density at radius 3 is 2.05 bits per heavy atom. The average molecular weight is 524 g/mol. The van der Waals surface area contributed by atoms with Gasteiger partial charge in [-0.1, -0.05) is 30.0 Å². The van der Waals surface area contributed by atoms with Crippen LogP contribution in [0.25, 0.3) is 0 Å². The summed E-state index contributed by atoms with van der Waals surface area (Å²) in [7, 11) is 1.52. The number of ether oxygens (including phenoxy) is 2. The number of anilines is 1. The van der Waals surface area contributed by atoms with Gasteiger partial charge in [-0.15, -0.1) is 0 Å². The van der Waals surface area contributed by atoms with E-state index in [9.17, 15) is 19.2 Å². The first-order valence-electron chi connectivity index (χ1n) is 11.6. The van der Waals surface area contributed by atoms with Crippen LogP contribution < -0.4 is 9.64 Å². The molecule has 5 rings (SSSR count). The van der Waals surface area contributed by atoms with Gasteiger partial charge in [0.1, 0.15) is 5.75 Å². The second-order valence-corrected chi connectivity index (χ2v) is 9.49. The number of benzene rings is 4. The number of carbonyl (C=O) groups is 4. The standard InChI is InChI=1S/C30H21NO6S/c1-36-22-12-7-19(8-13-22)27(32)18-37-30(35)20-9-16-25-26(17-20)29(34)31(28(25)33)21-10-14-24(15-11-21)38-23-5-3-2-4-6-23/h2-17H,18H2,1H3. The van der Waals surface area contributed by atoms with Gasteiger partial charge >= 0.3 is 5.97 Å². The van der Waals surface area contributed by atoms with Gasteiger partial charge in [0, 0.05) is 15.4 Å². The highest BCUT2D eigenvalue weighted by Crippen LogP contribution is 2.32. The van der Waals surface area contributed by atoms with Gasteiger partial charge in [-0.25, -0.2) is 9.69 Å². The van der Waals surface area contributed by atoms with Crippen molar-refractivity contribution in [1.82, 2.24) is 0 Å². The normalized spacial score (nSPS) is 12.3. The fourth-order valence-corrected chi connectivity index (χ4v) is 4.80. The summed E-state index contributed by atoms with van der Waals surface area (Å²) >= 11 is 1.57. The average Bonchev–Trinajstić information content (AvgIpc) is 3.21. The number of imide groups is 1. The number of Topliss-reactive ketones (excluding diaryl/α,β-unsaturated/α-hetero) is 1. The van der Waals surface area contributed by atoms with Gasteiger partial charge in [-0.2, -0.15) is 0 Å². The minimum Gasteiger partial charge on any atom is -0.497 e. The molecule has 8 heteroatoms. The van der Waals surface area contributed by atoms with Gasteiger partial charge in [0.25, 0.3) is 11.8 Å². The summed E-state index contributed by atoms with van der Waals surface area (Å²) in [6, 6.07) is 27.6. The number of amides is 2. The Morgan fingerprint density at radius 1 is 0.737 bits per heavy atom. The number of fused-ring (bicyclic) bond motifs is 1. The van der Waals surface area contributed by atoms with Crippen LogP contribution in [0.2, 0.25) is 0 Å². The Kier molecular flexibility index (Phi) is 7.06. The molecule has 0 fully saturated rings. The van der Waals surface area contributed by atoms with Crippen LogP contribution in [0.3, 0.4) is 0 Å². The molecule has 0 bridgehead atoms. The van der Waals surface area contributed by atoms with Crippen molar-refractivity contribution in [3.8, 4) is 5.75 Å². The molecular formula is C30H21NO6S. The van der Waals surface area contributed by atoms with E-state index in [2.05, 4.69) is 0 Å². The Balaban J connectivity index is 1.26. The zero-order valence-electron chi connectivity index (χ0n) is 20.2. The van der Waals surface area contributed by atoms with Crippen molar-refractivity contribution < 1.29 is 28.7 Å². The molecule has 0 atom stereocenters. The minimum atomic E-state index is -0.768. The summed E-state index contributed by atoms with van der Waals surface area (Å²) in [5, 5.41) is 0. The molecule has 0 spiro atoms. The molecule has 1 aliphatic rings. The van der Waals surface area contributed by atoms with Crippen molar-refractivity contribution >= 4 is 41.0 Å². The highest BCUT2D eigenvalue weighted by atomic mass is 32.2. The summed E-state index contributed by atoms with van der Waals surface area (Å²) in [5.41, 5.74) is 1.18. The van der Waals surface area contributed by atoms with Crippen molar-refractivity contribution in [2.75, 3.05) is 18.6 Å². The number of rotatable bonds is 8. The molecule has 1 aliphatic heterocycles. The van der Waals surface area contributed by atoms with Gasteiger partial charge in [0.05, 0.1) is 29.5 Å². The van der Waals surface area contributed by atoms with E-state index >= 15 is 0 Å². The van der Waals surface area contributed by atoms with Crippen molar-refractivity contribution in [3.05, 3.63) is 119 Å². The Morgan fingerprint density at radius 2 is 1.37 bits per heavy atom. The summed E-state index contributed by atoms with van der Waals surface area (Å²) in [5.74, 6) is -1.54. The maximum Gasteiger partial charge on any atom is 0.338 e. The van der Waals surface area contributed by atoms with Crippen LogP contribution in [-0.4, -0.2) is 37.3 Å². The van der Waals surface area contributed by atoms with Crippen LogP contribution in [0.15, 0.2) is 107 Å². The summed E-state index contributed by atoms with van der Waals surface area (Å²) in [6.45, 7) is -0.464. The number of esters is 1. The van der Waals surface area contributed by atoms with Crippen molar-refractivity contribution in [1.29, 1.82) is 0 Å². The minimum absolute atomic E-state index is 0.0730. The lowest BCUT2D eigenvalue weighted by atomic mass is 10.1. The van der Waals surface area contributed by atoms with E-state index in [1.54, 1.807) is 48.2 Å². The molecule has 4 aromatic carbocycles. The van der Waals surface area contributed by atoms with Crippen LogP contribution >= 0.6 is 11.8 Å². The van der Waals surface area contributed by atoms with E-state index in [-0.39, 0.29) is 22.5 Å². The van der Waals surface area contributed by atoms with Crippen LogP contribution in [0.5, 0.6) is 5.75 Å². The predicted molar refractivity (Wildman–Crippen MR) is 142 cm³/mol. The van der Waals surface area contributed by atoms with Gasteiger partial charge in [-0.05, 0) is 78.9 Å². The summed E-state index contributed by atoms with van der Waals surface area (Å²) < 4.78 is 10.2. The molecule has 188 valence electrons. The first-order valence-corrected chi connectivity index (χ1v) is 12.5. The molecule has 0 N–H and O–H groups in total. The highest BCUT2D eigenvalue weighted by molar-refractivity contribution is 7.99. The number of hydrogen-bond acceptors (Lipinski definition) is 7. The van der Waals surface area contributed by atoms with Crippen LogP contribution in [0, 0.1) is 0 Å². The fourth-order valence-electron chi connectivity index (χ4n) is 3.96. The van der Waals surface area contributed by atoms with E-state index in [0.717, 1.165) is 14.7 Å². The van der Waals surface area contributed by atoms with Gasteiger partial charge in [0.2, 0.25) is 0 Å². The molecule has 0 saturated heterocycles. The van der Waals surface area contributed by atoms with E-state index in [0.29, 0.717) is 17.0 Å². The molecule has 4 aromatic rings. The van der Waals surface area contributed by atoms with Gasteiger partial charge in [0.15, 0.2) is 12.4 Å². The Labute approximate surface area is 223 Å². The number of hydrogen-bond donors (Lipinski definition) is 0. The van der Waals surface area contributed by atoms with Crippen molar-refractivity contribution in [2.45, 2.75) is 9.79 Å². The monoisotopic (exact) mass is 523 g/mol. The third-order valence-corrected chi connectivity index (χ3v) is 6.96.